The molecule has 0 aliphatic heterocycles. The van der Waals surface area contributed by atoms with Crippen molar-refractivity contribution in [1.29, 1.82) is 0 Å². The van der Waals surface area contributed by atoms with Crippen LogP contribution in [0.25, 0.3) is 0 Å². The fourth-order valence-corrected chi connectivity index (χ4v) is 2.87. The van der Waals surface area contributed by atoms with Crippen molar-refractivity contribution in [2.75, 3.05) is 6.54 Å². The lowest BCUT2D eigenvalue weighted by atomic mass is 9.92. The van der Waals surface area contributed by atoms with Crippen molar-refractivity contribution in [2.45, 2.75) is 12.8 Å². The van der Waals surface area contributed by atoms with Gasteiger partial charge in [0.2, 0.25) is 0 Å². The van der Waals surface area contributed by atoms with Crippen molar-refractivity contribution in [2.24, 2.45) is 11.7 Å². The van der Waals surface area contributed by atoms with E-state index >= 15 is 0 Å². The van der Waals surface area contributed by atoms with Gasteiger partial charge < -0.3 is 5.73 Å². The zero-order valence-electron chi connectivity index (χ0n) is 11.3. The highest BCUT2D eigenvalue weighted by molar-refractivity contribution is 9.10. The first-order valence-corrected chi connectivity index (χ1v) is 7.75. The third-order valence-electron chi connectivity index (χ3n) is 3.38. The average Bonchev–Trinajstić information content (AvgIpc) is 2.46. The smallest absolute Gasteiger partial charge is 0.143 e. The molecule has 0 bridgehead atoms. The Bertz CT molecular complexity index is 634. The molecule has 0 heterocycles. The zero-order chi connectivity index (χ0) is 15.4. The maximum absolute atomic E-state index is 14.0. The van der Waals surface area contributed by atoms with Crippen LogP contribution in [0.3, 0.4) is 0 Å². The van der Waals surface area contributed by atoms with Crippen molar-refractivity contribution < 1.29 is 8.78 Å². The van der Waals surface area contributed by atoms with Crippen LogP contribution in [0.4, 0.5) is 8.78 Å². The molecule has 0 radical (unpaired) electrons. The third kappa shape index (κ3) is 4.25. The van der Waals surface area contributed by atoms with E-state index in [-0.39, 0.29) is 22.4 Å². The Kier molecular flexibility index (Phi) is 5.73. The summed E-state index contributed by atoms with van der Waals surface area (Å²) < 4.78 is 28.1. The summed E-state index contributed by atoms with van der Waals surface area (Å²) in [4.78, 5) is 0. The lowest BCUT2D eigenvalue weighted by molar-refractivity contribution is 0.483. The lowest BCUT2D eigenvalue weighted by Gasteiger charge is -2.16. The summed E-state index contributed by atoms with van der Waals surface area (Å²) in [6, 6.07) is 10.0. The van der Waals surface area contributed by atoms with E-state index in [2.05, 4.69) is 15.9 Å². The molecule has 1 atom stereocenters. The highest BCUT2D eigenvalue weighted by Gasteiger charge is 2.17. The zero-order valence-corrected chi connectivity index (χ0v) is 13.6. The monoisotopic (exact) mass is 373 g/mol. The van der Waals surface area contributed by atoms with Gasteiger partial charge in [-0.3, -0.25) is 0 Å². The van der Waals surface area contributed by atoms with E-state index in [0.717, 1.165) is 5.56 Å². The molecule has 0 aliphatic rings. The number of halogens is 4. The van der Waals surface area contributed by atoms with Gasteiger partial charge in [-0.25, -0.2) is 8.78 Å². The lowest BCUT2D eigenvalue weighted by Crippen LogP contribution is -2.20. The van der Waals surface area contributed by atoms with Gasteiger partial charge in [-0.2, -0.15) is 0 Å². The Morgan fingerprint density at radius 1 is 1.14 bits per heavy atom. The molecule has 1 unspecified atom stereocenters. The molecule has 0 saturated carbocycles. The van der Waals surface area contributed by atoms with Gasteiger partial charge in [0, 0.05) is 10.6 Å². The summed E-state index contributed by atoms with van der Waals surface area (Å²) in [5.41, 5.74) is 6.83. The van der Waals surface area contributed by atoms with Crippen LogP contribution in [0.5, 0.6) is 0 Å². The summed E-state index contributed by atoms with van der Waals surface area (Å²) in [6.45, 7) is 0.345. The summed E-state index contributed by atoms with van der Waals surface area (Å²) in [6.07, 6.45) is 0.878. The SMILES string of the molecule is NCC(Cc1cccc(Cl)c1)Cc1c(F)ccc(Br)c1F. The predicted molar refractivity (Wildman–Crippen MR) is 85.5 cm³/mol. The minimum absolute atomic E-state index is 0.0539. The normalized spacial score (nSPS) is 12.4. The first-order chi connectivity index (χ1) is 10.0. The molecular formula is C16H15BrClF2N. The van der Waals surface area contributed by atoms with Crippen molar-refractivity contribution >= 4 is 27.5 Å². The van der Waals surface area contributed by atoms with Gasteiger partial charge >= 0.3 is 0 Å². The van der Waals surface area contributed by atoms with E-state index in [1.165, 1.54) is 12.1 Å². The summed E-state index contributed by atoms with van der Waals surface area (Å²) in [5.74, 6) is -1.15. The number of benzene rings is 2. The highest BCUT2D eigenvalue weighted by atomic mass is 79.9. The van der Waals surface area contributed by atoms with Crippen LogP contribution < -0.4 is 5.73 Å². The second kappa shape index (κ2) is 7.34. The Morgan fingerprint density at radius 3 is 2.57 bits per heavy atom. The van der Waals surface area contributed by atoms with E-state index in [1.807, 2.05) is 18.2 Å². The first kappa shape index (κ1) is 16.4. The van der Waals surface area contributed by atoms with Gasteiger partial charge in [0.15, 0.2) is 0 Å². The summed E-state index contributed by atoms with van der Waals surface area (Å²) in [7, 11) is 0. The van der Waals surface area contributed by atoms with Crippen LogP contribution in [0, 0.1) is 17.6 Å². The van der Waals surface area contributed by atoms with E-state index in [4.69, 9.17) is 17.3 Å². The number of hydrogen-bond donors (Lipinski definition) is 1. The minimum atomic E-state index is -0.556. The summed E-state index contributed by atoms with van der Waals surface area (Å²) in [5, 5.41) is 0.642. The molecule has 5 heteroatoms. The number of hydrogen-bond acceptors (Lipinski definition) is 1. The second-order valence-corrected chi connectivity index (χ2v) is 6.25. The minimum Gasteiger partial charge on any atom is -0.330 e. The average molecular weight is 375 g/mol. The molecule has 0 aliphatic carbocycles. The van der Waals surface area contributed by atoms with Crippen LogP contribution in [-0.2, 0) is 12.8 Å². The van der Waals surface area contributed by atoms with Gasteiger partial charge in [-0.15, -0.1) is 0 Å². The first-order valence-electron chi connectivity index (χ1n) is 6.58. The molecule has 0 fully saturated rings. The number of rotatable bonds is 5. The molecule has 0 spiro atoms. The number of nitrogens with two attached hydrogens (primary N) is 1. The topological polar surface area (TPSA) is 26.0 Å². The fraction of sp³-hybridized carbons (Fsp3) is 0.250. The van der Waals surface area contributed by atoms with E-state index in [9.17, 15) is 8.78 Å². The Labute approximate surface area is 136 Å². The molecule has 2 aromatic carbocycles. The molecule has 2 rings (SSSR count). The van der Waals surface area contributed by atoms with Gasteiger partial charge in [-0.1, -0.05) is 23.7 Å². The Hall–Kier alpha value is -0.970. The molecule has 2 aromatic rings. The highest BCUT2D eigenvalue weighted by Crippen LogP contribution is 2.25. The predicted octanol–water partition coefficient (Wildman–Crippen LogP) is 4.74. The molecule has 0 saturated heterocycles. The van der Waals surface area contributed by atoms with Crippen LogP contribution in [0.1, 0.15) is 11.1 Å². The van der Waals surface area contributed by atoms with Gasteiger partial charge in [-0.05, 0) is 71.1 Å². The Morgan fingerprint density at radius 2 is 1.90 bits per heavy atom. The summed E-state index contributed by atoms with van der Waals surface area (Å²) >= 11 is 9.02. The standard InChI is InChI=1S/C16H15BrClF2N/c17-14-4-5-15(19)13(16(14)20)8-11(9-21)6-10-2-1-3-12(18)7-10/h1-5,7,11H,6,8-9,21H2. The van der Waals surface area contributed by atoms with E-state index in [0.29, 0.717) is 18.0 Å². The van der Waals surface area contributed by atoms with Crippen LogP contribution in [0.15, 0.2) is 40.9 Å². The Balaban J connectivity index is 2.18. The molecule has 21 heavy (non-hydrogen) atoms. The molecular weight excluding hydrogens is 360 g/mol. The van der Waals surface area contributed by atoms with E-state index < -0.39 is 11.6 Å². The second-order valence-electron chi connectivity index (χ2n) is 4.96. The molecule has 0 amide bonds. The van der Waals surface area contributed by atoms with Crippen LogP contribution in [-0.4, -0.2) is 6.54 Å². The molecule has 0 aromatic heterocycles. The fourth-order valence-electron chi connectivity index (χ4n) is 2.28. The van der Waals surface area contributed by atoms with Gasteiger partial charge in [0.1, 0.15) is 11.6 Å². The molecule has 112 valence electrons. The van der Waals surface area contributed by atoms with Crippen LogP contribution >= 0.6 is 27.5 Å². The van der Waals surface area contributed by atoms with Gasteiger partial charge in [0.05, 0.1) is 4.47 Å². The maximum Gasteiger partial charge on any atom is 0.143 e. The maximum atomic E-state index is 14.0. The molecule has 2 N–H and O–H groups in total. The third-order valence-corrected chi connectivity index (χ3v) is 4.23. The van der Waals surface area contributed by atoms with Gasteiger partial charge in [0.25, 0.3) is 0 Å². The van der Waals surface area contributed by atoms with Crippen molar-refractivity contribution in [3.8, 4) is 0 Å². The van der Waals surface area contributed by atoms with Crippen molar-refractivity contribution in [3.63, 3.8) is 0 Å². The van der Waals surface area contributed by atoms with Crippen molar-refractivity contribution in [1.82, 2.24) is 0 Å². The van der Waals surface area contributed by atoms with Crippen LogP contribution in [0.2, 0.25) is 5.02 Å². The van der Waals surface area contributed by atoms with E-state index in [1.54, 1.807) is 6.07 Å². The largest absolute Gasteiger partial charge is 0.330 e. The van der Waals surface area contributed by atoms with Crippen molar-refractivity contribution in [3.05, 3.63) is 68.7 Å². The quantitative estimate of drug-likeness (QED) is 0.752. The molecule has 1 nitrogen and oxygen atoms in total.